The standard InChI is InChI=1S/C9H19BN2O3/c1-6(2)8(11)9(13)12-5-3-4-7(12)10(14)15/h6-8,14-15H,3-5,11H2,1-2H3. The molecule has 1 aliphatic rings. The van der Waals surface area contributed by atoms with E-state index in [4.69, 9.17) is 15.8 Å². The molecular formula is C9H19BN2O3. The largest absolute Gasteiger partial charge is 0.475 e. The summed E-state index contributed by atoms with van der Waals surface area (Å²) in [5, 5.41) is 18.2. The number of nitrogens with zero attached hydrogens (tertiary/aromatic N) is 1. The van der Waals surface area contributed by atoms with E-state index in [1.807, 2.05) is 13.8 Å². The van der Waals surface area contributed by atoms with E-state index < -0.39 is 19.1 Å². The minimum atomic E-state index is -1.46. The molecule has 1 aliphatic heterocycles. The number of rotatable bonds is 3. The normalized spacial score (nSPS) is 23.3. The molecule has 6 heteroatoms. The van der Waals surface area contributed by atoms with Crippen LogP contribution in [0.2, 0.25) is 0 Å². The van der Waals surface area contributed by atoms with Crippen LogP contribution in [-0.4, -0.2) is 46.5 Å². The first-order chi connectivity index (χ1) is 6.95. The maximum atomic E-state index is 11.9. The lowest BCUT2D eigenvalue weighted by Crippen LogP contribution is -2.52. The zero-order chi connectivity index (χ0) is 11.6. The molecule has 0 bridgehead atoms. The minimum Gasteiger partial charge on any atom is -0.426 e. The first-order valence-electron chi connectivity index (χ1n) is 5.37. The van der Waals surface area contributed by atoms with Crippen molar-refractivity contribution < 1.29 is 14.8 Å². The first kappa shape index (κ1) is 12.5. The van der Waals surface area contributed by atoms with Crippen LogP contribution in [0.25, 0.3) is 0 Å². The Balaban J connectivity index is 2.66. The summed E-state index contributed by atoms with van der Waals surface area (Å²) < 4.78 is 0. The van der Waals surface area contributed by atoms with Crippen molar-refractivity contribution in [2.45, 2.75) is 38.7 Å². The van der Waals surface area contributed by atoms with Crippen LogP contribution in [0.3, 0.4) is 0 Å². The Morgan fingerprint density at radius 3 is 2.60 bits per heavy atom. The molecule has 1 saturated heterocycles. The Morgan fingerprint density at radius 1 is 1.53 bits per heavy atom. The van der Waals surface area contributed by atoms with Gasteiger partial charge in [-0.1, -0.05) is 13.8 Å². The van der Waals surface area contributed by atoms with Gasteiger partial charge in [-0.25, -0.2) is 0 Å². The fraction of sp³-hybridized carbons (Fsp3) is 0.889. The second kappa shape index (κ2) is 4.96. The number of nitrogens with two attached hydrogens (primary N) is 1. The molecule has 15 heavy (non-hydrogen) atoms. The lowest BCUT2D eigenvalue weighted by Gasteiger charge is -2.28. The fourth-order valence-corrected chi connectivity index (χ4v) is 1.85. The zero-order valence-corrected chi connectivity index (χ0v) is 9.26. The SMILES string of the molecule is CC(C)C(N)C(=O)N1CCCC1B(O)O. The quantitative estimate of drug-likeness (QED) is 0.524. The van der Waals surface area contributed by atoms with Crippen molar-refractivity contribution in [1.82, 2.24) is 4.90 Å². The predicted octanol–water partition coefficient (Wildman–Crippen LogP) is -1.03. The van der Waals surface area contributed by atoms with Gasteiger partial charge in [-0.3, -0.25) is 4.79 Å². The average Bonchev–Trinajstić information content (AvgIpc) is 2.63. The van der Waals surface area contributed by atoms with Crippen LogP contribution in [0, 0.1) is 5.92 Å². The highest BCUT2D eigenvalue weighted by molar-refractivity contribution is 6.43. The number of hydrogen-bond donors (Lipinski definition) is 3. The van der Waals surface area contributed by atoms with Gasteiger partial charge < -0.3 is 20.7 Å². The number of amides is 1. The van der Waals surface area contributed by atoms with E-state index in [0.29, 0.717) is 13.0 Å². The highest BCUT2D eigenvalue weighted by atomic mass is 16.4. The van der Waals surface area contributed by atoms with Crippen molar-refractivity contribution in [3.8, 4) is 0 Å². The van der Waals surface area contributed by atoms with Crippen molar-refractivity contribution in [1.29, 1.82) is 0 Å². The summed E-state index contributed by atoms with van der Waals surface area (Å²) in [5.41, 5.74) is 5.75. The summed E-state index contributed by atoms with van der Waals surface area (Å²) in [5.74, 6) is -0.600. The molecule has 0 aromatic carbocycles. The summed E-state index contributed by atoms with van der Waals surface area (Å²) in [4.78, 5) is 13.4. The molecule has 4 N–H and O–H groups in total. The van der Waals surface area contributed by atoms with E-state index >= 15 is 0 Å². The van der Waals surface area contributed by atoms with Crippen LogP contribution in [0.5, 0.6) is 0 Å². The average molecular weight is 214 g/mol. The Kier molecular flexibility index (Phi) is 4.13. The fourth-order valence-electron chi connectivity index (χ4n) is 1.85. The highest BCUT2D eigenvalue weighted by Gasteiger charge is 2.38. The molecule has 86 valence electrons. The van der Waals surface area contributed by atoms with E-state index in [-0.39, 0.29) is 11.8 Å². The predicted molar refractivity (Wildman–Crippen MR) is 57.7 cm³/mol. The molecular weight excluding hydrogens is 195 g/mol. The van der Waals surface area contributed by atoms with Gasteiger partial charge in [0.05, 0.1) is 12.0 Å². The van der Waals surface area contributed by atoms with Gasteiger partial charge in [-0.15, -0.1) is 0 Å². The summed E-state index contributed by atoms with van der Waals surface area (Å²) in [6.45, 7) is 4.33. The molecule has 1 heterocycles. The molecule has 0 saturated carbocycles. The Bertz CT molecular complexity index is 235. The Labute approximate surface area is 90.4 Å². The zero-order valence-electron chi connectivity index (χ0n) is 9.26. The van der Waals surface area contributed by atoms with E-state index in [9.17, 15) is 4.79 Å². The van der Waals surface area contributed by atoms with Crippen molar-refractivity contribution in [3.05, 3.63) is 0 Å². The molecule has 0 spiro atoms. The third-order valence-electron chi connectivity index (χ3n) is 2.93. The van der Waals surface area contributed by atoms with Crippen LogP contribution in [0.15, 0.2) is 0 Å². The summed E-state index contributed by atoms with van der Waals surface area (Å²) in [7, 11) is -1.46. The highest BCUT2D eigenvalue weighted by Crippen LogP contribution is 2.19. The van der Waals surface area contributed by atoms with Crippen LogP contribution in [0.1, 0.15) is 26.7 Å². The lowest BCUT2D eigenvalue weighted by molar-refractivity contribution is -0.133. The summed E-state index contributed by atoms with van der Waals surface area (Å²) in [6.07, 6.45) is 1.44. The van der Waals surface area contributed by atoms with Crippen LogP contribution in [-0.2, 0) is 4.79 Å². The first-order valence-corrected chi connectivity index (χ1v) is 5.37. The third-order valence-corrected chi connectivity index (χ3v) is 2.93. The van der Waals surface area contributed by atoms with E-state index in [0.717, 1.165) is 6.42 Å². The van der Waals surface area contributed by atoms with Crippen molar-refractivity contribution in [3.63, 3.8) is 0 Å². The Morgan fingerprint density at radius 2 is 2.13 bits per heavy atom. The van der Waals surface area contributed by atoms with Gasteiger partial charge in [0, 0.05) is 6.54 Å². The van der Waals surface area contributed by atoms with Crippen LogP contribution >= 0.6 is 0 Å². The number of carbonyl (C=O) groups excluding carboxylic acids is 1. The molecule has 0 aliphatic carbocycles. The van der Waals surface area contributed by atoms with Gasteiger partial charge in [0.1, 0.15) is 0 Å². The lowest BCUT2D eigenvalue weighted by atomic mass is 9.77. The summed E-state index contributed by atoms with van der Waals surface area (Å²) >= 11 is 0. The number of hydrogen-bond acceptors (Lipinski definition) is 4. The molecule has 0 radical (unpaired) electrons. The molecule has 5 nitrogen and oxygen atoms in total. The number of carbonyl (C=O) groups is 1. The van der Waals surface area contributed by atoms with Gasteiger partial charge in [-0.05, 0) is 18.8 Å². The van der Waals surface area contributed by atoms with Crippen molar-refractivity contribution in [2.75, 3.05) is 6.54 Å². The Hall–Kier alpha value is -0.585. The van der Waals surface area contributed by atoms with Gasteiger partial charge in [0.15, 0.2) is 0 Å². The minimum absolute atomic E-state index is 0.0644. The van der Waals surface area contributed by atoms with Gasteiger partial charge in [0.2, 0.25) is 5.91 Å². The molecule has 0 aromatic rings. The second-order valence-corrected chi connectivity index (χ2v) is 4.42. The third kappa shape index (κ3) is 2.71. The molecule has 0 aromatic heterocycles. The van der Waals surface area contributed by atoms with E-state index in [1.54, 1.807) is 0 Å². The van der Waals surface area contributed by atoms with Crippen LogP contribution in [0.4, 0.5) is 0 Å². The maximum Gasteiger partial charge on any atom is 0.475 e. The molecule has 1 rings (SSSR count). The van der Waals surface area contributed by atoms with Crippen LogP contribution < -0.4 is 5.73 Å². The van der Waals surface area contributed by atoms with E-state index in [1.165, 1.54) is 4.90 Å². The molecule has 1 fully saturated rings. The maximum absolute atomic E-state index is 11.9. The van der Waals surface area contributed by atoms with Crippen molar-refractivity contribution >= 4 is 13.0 Å². The molecule has 2 unspecified atom stereocenters. The topological polar surface area (TPSA) is 86.8 Å². The molecule has 2 atom stereocenters. The van der Waals surface area contributed by atoms with E-state index in [2.05, 4.69) is 0 Å². The summed E-state index contributed by atoms with van der Waals surface area (Å²) in [6, 6.07) is -0.552. The van der Waals surface area contributed by atoms with Gasteiger partial charge in [-0.2, -0.15) is 0 Å². The molecule has 1 amide bonds. The van der Waals surface area contributed by atoms with Gasteiger partial charge >= 0.3 is 7.12 Å². The van der Waals surface area contributed by atoms with Gasteiger partial charge in [0.25, 0.3) is 0 Å². The number of likely N-dealkylation sites (tertiary alicyclic amines) is 1. The second-order valence-electron chi connectivity index (χ2n) is 4.42. The van der Waals surface area contributed by atoms with Crippen molar-refractivity contribution in [2.24, 2.45) is 11.7 Å². The monoisotopic (exact) mass is 214 g/mol. The smallest absolute Gasteiger partial charge is 0.426 e.